The van der Waals surface area contributed by atoms with Crippen LogP contribution in [0.2, 0.25) is 0 Å². The zero-order chi connectivity index (χ0) is 19.4. The topological polar surface area (TPSA) is 32.8 Å². The first-order chi connectivity index (χ1) is 13.7. The molecule has 1 amide bonds. The summed E-state index contributed by atoms with van der Waals surface area (Å²) in [6.45, 7) is 5.06. The highest BCUT2D eigenvalue weighted by Crippen LogP contribution is 2.50. The van der Waals surface area contributed by atoms with Crippen molar-refractivity contribution in [1.29, 1.82) is 0 Å². The van der Waals surface area contributed by atoms with Gasteiger partial charge in [0.15, 0.2) is 0 Å². The first-order valence-corrected chi connectivity index (χ1v) is 10.3. The van der Waals surface area contributed by atoms with E-state index in [4.69, 9.17) is 4.74 Å². The fourth-order valence-electron chi connectivity index (χ4n) is 5.10. The first kappa shape index (κ1) is 19.2. The van der Waals surface area contributed by atoms with Gasteiger partial charge in [0.2, 0.25) is 5.91 Å². The second-order valence-electron chi connectivity index (χ2n) is 8.29. The van der Waals surface area contributed by atoms with E-state index in [-0.39, 0.29) is 17.9 Å². The number of carbonyl (C=O) groups is 1. The number of methoxy groups -OCH3 is 1. The number of benzene rings is 2. The zero-order valence-corrected chi connectivity index (χ0v) is 16.7. The summed E-state index contributed by atoms with van der Waals surface area (Å²) in [4.78, 5) is 16.8. The average Bonchev–Trinajstić information content (AvgIpc) is 3.07. The number of hydrogen-bond donors (Lipinski definition) is 0. The Morgan fingerprint density at radius 1 is 1.04 bits per heavy atom. The van der Waals surface area contributed by atoms with E-state index in [1.165, 1.54) is 11.1 Å². The third kappa shape index (κ3) is 3.98. The van der Waals surface area contributed by atoms with E-state index in [2.05, 4.69) is 65.6 Å². The molecule has 1 spiro atoms. The predicted molar refractivity (Wildman–Crippen MR) is 111 cm³/mol. The molecule has 0 N–H and O–H groups in total. The van der Waals surface area contributed by atoms with Gasteiger partial charge in [0.05, 0.1) is 0 Å². The highest BCUT2D eigenvalue weighted by atomic mass is 16.5. The maximum Gasteiger partial charge on any atom is 0.248 e. The fourth-order valence-corrected chi connectivity index (χ4v) is 5.10. The van der Waals surface area contributed by atoms with Gasteiger partial charge in [-0.25, -0.2) is 0 Å². The van der Waals surface area contributed by atoms with Crippen LogP contribution in [0.1, 0.15) is 29.9 Å². The van der Waals surface area contributed by atoms with E-state index in [0.29, 0.717) is 5.92 Å². The van der Waals surface area contributed by atoms with Crippen LogP contribution in [0.25, 0.3) is 0 Å². The minimum absolute atomic E-state index is 0.118. The van der Waals surface area contributed by atoms with Crippen molar-refractivity contribution in [3.05, 3.63) is 71.8 Å². The van der Waals surface area contributed by atoms with Gasteiger partial charge in [0.1, 0.15) is 6.61 Å². The molecule has 0 bridgehead atoms. The van der Waals surface area contributed by atoms with E-state index in [1.807, 2.05) is 4.90 Å². The van der Waals surface area contributed by atoms with Gasteiger partial charge in [0.25, 0.3) is 0 Å². The maximum atomic E-state index is 12.2. The van der Waals surface area contributed by atoms with E-state index >= 15 is 0 Å². The van der Waals surface area contributed by atoms with Gasteiger partial charge < -0.3 is 9.64 Å². The normalized spacial score (nSPS) is 21.9. The lowest BCUT2D eigenvalue weighted by Crippen LogP contribution is -2.47. The van der Waals surface area contributed by atoms with Crippen LogP contribution in [0.3, 0.4) is 0 Å². The van der Waals surface area contributed by atoms with Crippen molar-refractivity contribution in [3.63, 3.8) is 0 Å². The van der Waals surface area contributed by atoms with Gasteiger partial charge in [-0.1, -0.05) is 60.7 Å². The minimum atomic E-state index is 0.118. The smallest absolute Gasteiger partial charge is 0.248 e. The molecule has 0 saturated carbocycles. The van der Waals surface area contributed by atoms with Crippen LogP contribution in [0.15, 0.2) is 60.7 Å². The summed E-state index contributed by atoms with van der Waals surface area (Å²) >= 11 is 0. The second kappa shape index (κ2) is 8.46. The number of hydrogen-bond acceptors (Lipinski definition) is 3. The van der Waals surface area contributed by atoms with Crippen molar-refractivity contribution < 1.29 is 9.53 Å². The molecule has 0 radical (unpaired) electrons. The Morgan fingerprint density at radius 2 is 1.68 bits per heavy atom. The lowest BCUT2D eigenvalue weighted by atomic mass is 9.68. The molecule has 2 aromatic rings. The average molecular weight is 379 g/mol. The monoisotopic (exact) mass is 378 g/mol. The largest absolute Gasteiger partial charge is 0.375 e. The highest BCUT2D eigenvalue weighted by molar-refractivity contribution is 5.77. The molecule has 28 heavy (non-hydrogen) atoms. The quantitative estimate of drug-likeness (QED) is 0.798. The van der Waals surface area contributed by atoms with E-state index in [9.17, 15) is 4.79 Å². The Kier molecular flexibility index (Phi) is 5.79. The zero-order valence-electron chi connectivity index (χ0n) is 16.7. The molecule has 2 saturated heterocycles. The molecule has 2 fully saturated rings. The molecule has 0 aromatic heterocycles. The van der Waals surface area contributed by atoms with Crippen molar-refractivity contribution in [2.45, 2.75) is 25.3 Å². The molecule has 2 aliphatic rings. The Balaban J connectivity index is 1.52. The lowest BCUT2D eigenvalue weighted by Gasteiger charge is -2.43. The molecule has 4 nitrogen and oxygen atoms in total. The van der Waals surface area contributed by atoms with Gasteiger partial charge in [-0.15, -0.1) is 0 Å². The van der Waals surface area contributed by atoms with Crippen molar-refractivity contribution >= 4 is 5.91 Å². The summed E-state index contributed by atoms with van der Waals surface area (Å²) in [5, 5.41) is 0. The number of amides is 1. The molecule has 0 aliphatic carbocycles. The second-order valence-corrected chi connectivity index (χ2v) is 8.29. The Bertz CT molecular complexity index is 770. The maximum absolute atomic E-state index is 12.2. The van der Waals surface area contributed by atoms with Gasteiger partial charge in [0, 0.05) is 45.8 Å². The number of rotatable bonds is 5. The number of ether oxygens (including phenoxy) is 1. The Morgan fingerprint density at radius 3 is 2.32 bits per heavy atom. The van der Waals surface area contributed by atoms with E-state index in [0.717, 1.165) is 45.6 Å². The molecular formula is C24H30N2O2. The minimum Gasteiger partial charge on any atom is -0.375 e. The SMILES string of the molecule is COCC(=O)N1CCC2(CC1)CN(Cc1ccccc1)C[C@@H]2c1ccccc1. The molecule has 0 unspecified atom stereocenters. The number of nitrogens with zero attached hydrogens (tertiary/aromatic N) is 2. The Labute approximate surface area is 168 Å². The third-order valence-electron chi connectivity index (χ3n) is 6.55. The fraction of sp³-hybridized carbons (Fsp3) is 0.458. The molecule has 2 aromatic carbocycles. The van der Waals surface area contributed by atoms with Crippen LogP contribution >= 0.6 is 0 Å². The molecule has 1 atom stereocenters. The van der Waals surface area contributed by atoms with Crippen molar-refractivity contribution in [1.82, 2.24) is 9.80 Å². The van der Waals surface area contributed by atoms with Gasteiger partial charge >= 0.3 is 0 Å². The summed E-state index contributed by atoms with van der Waals surface area (Å²) in [7, 11) is 1.59. The molecule has 2 heterocycles. The van der Waals surface area contributed by atoms with Crippen LogP contribution in [-0.2, 0) is 16.1 Å². The highest BCUT2D eigenvalue weighted by Gasteiger charge is 2.48. The van der Waals surface area contributed by atoms with Crippen molar-refractivity contribution in [2.24, 2.45) is 5.41 Å². The molecule has 4 heteroatoms. The van der Waals surface area contributed by atoms with Crippen molar-refractivity contribution in [3.8, 4) is 0 Å². The van der Waals surface area contributed by atoms with Crippen LogP contribution in [-0.4, -0.2) is 55.6 Å². The van der Waals surface area contributed by atoms with Crippen LogP contribution in [0.5, 0.6) is 0 Å². The molecule has 2 aliphatic heterocycles. The molecule has 4 rings (SSSR count). The lowest BCUT2D eigenvalue weighted by molar-refractivity contribution is -0.137. The summed E-state index contributed by atoms with van der Waals surface area (Å²) in [5.41, 5.74) is 3.06. The Hall–Kier alpha value is -2.17. The van der Waals surface area contributed by atoms with E-state index in [1.54, 1.807) is 7.11 Å². The predicted octanol–water partition coefficient (Wildman–Crippen LogP) is 3.54. The molecular weight excluding hydrogens is 348 g/mol. The number of piperidine rings is 1. The van der Waals surface area contributed by atoms with Crippen LogP contribution in [0, 0.1) is 5.41 Å². The summed E-state index contributed by atoms with van der Waals surface area (Å²) in [6, 6.07) is 21.7. The first-order valence-electron chi connectivity index (χ1n) is 10.3. The summed E-state index contributed by atoms with van der Waals surface area (Å²) < 4.78 is 5.05. The van der Waals surface area contributed by atoms with E-state index < -0.39 is 0 Å². The van der Waals surface area contributed by atoms with Crippen LogP contribution < -0.4 is 0 Å². The van der Waals surface area contributed by atoms with Gasteiger partial charge in [-0.2, -0.15) is 0 Å². The van der Waals surface area contributed by atoms with Gasteiger partial charge in [-0.05, 0) is 29.4 Å². The van der Waals surface area contributed by atoms with Crippen molar-refractivity contribution in [2.75, 3.05) is 39.9 Å². The molecule has 148 valence electrons. The van der Waals surface area contributed by atoms with Gasteiger partial charge in [-0.3, -0.25) is 9.69 Å². The number of carbonyl (C=O) groups excluding carboxylic acids is 1. The summed E-state index contributed by atoms with van der Waals surface area (Å²) in [5.74, 6) is 0.643. The summed E-state index contributed by atoms with van der Waals surface area (Å²) in [6.07, 6.45) is 2.13. The standard InChI is InChI=1S/C24H30N2O2/c1-28-18-23(27)26-14-12-24(13-15-26)19-25(16-20-8-4-2-5-9-20)17-22(24)21-10-6-3-7-11-21/h2-11,22H,12-19H2,1H3/t22-/m1/s1. The third-order valence-corrected chi connectivity index (χ3v) is 6.55. The van der Waals surface area contributed by atoms with Crippen LogP contribution in [0.4, 0.5) is 0 Å². The number of likely N-dealkylation sites (tertiary alicyclic amines) is 2.